The fraction of sp³-hybridized carbons (Fsp3) is 0.333. The molecule has 1 aromatic carbocycles. The topological polar surface area (TPSA) is 43.4 Å². The van der Waals surface area contributed by atoms with Gasteiger partial charge in [-0.05, 0) is 31.0 Å². The molecular formula is C12H14O3. The van der Waals surface area contributed by atoms with Gasteiger partial charge in [0.1, 0.15) is 6.29 Å². The second-order valence-corrected chi connectivity index (χ2v) is 3.40. The minimum atomic E-state index is -0.342. The van der Waals surface area contributed by atoms with Gasteiger partial charge in [0.05, 0.1) is 12.7 Å². The van der Waals surface area contributed by atoms with Crippen LogP contribution in [0.4, 0.5) is 0 Å². The van der Waals surface area contributed by atoms with E-state index in [1.807, 2.05) is 13.0 Å². The number of esters is 1. The fourth-order valence-corrected chi connectivity index (χ4v) is 1.47. The third-order valence-corrected chi connectivity index (χ3v) is 2.11. The van der Waals surface area contributed by atoms with Gasteiger partial charge in [0.2, 0.25) is 0 Å². The van der Waals surface area contributed by atoms with Gasteiger partial charge < -0.3 is 9.53 Å². The first kappa shape index (κ1) is 11.4. The van der Waals surface area contributed by atoms with Crippen molar-refractivity contribution in [1.29, 1.82) is 0 Å². The molecule has 0 aliphatic rings. The molecule has 0 N–H and O–H groups in total. The van der Waals surface area contributed by atoms with Gasteiger partial charge in [-0.3, -0.25) is 0 Å². The van der Waals surface area contributed by atoms with Crippen LogP contribution in [0.2, 0.25) is 0 Å². The Labute approximate surface area is 89.1 Å². The van der Waals surface area contributed by atoms with Crippen molar-refractivity contribution >= 4 is 12.3 Å². The number of carbonyl (C=O) groups is 2. The Balaban J connectivity index is 2.94. The van der Waals surface area contributed by atoms with Crippen LogP contribution in [0.1, 0.15) is 27.9 Å². The van der Waals surface area contributed by atoms with E-state index in [0.717, 1.165) is 17.4 Å². The molecule has 0 saturated carbocycles. The highest BCUT2D eigenvalue weighted by Crippen LogP contribution is 2.12. The molecule has 0 radical (unpaired) electrons. The highest BCUT2D eigenvalue weighted by atomic mass is 16.5. The van der Waals surface area contributed by atoms with Crippen LogP contribution in [0.15, 0.2) is 18.2 Å². The third-order valence-electron chi connectivity index (χ3n) is 2.11. The van der Waals surface area contributed by atoms with Crippen LogP contribution in [0.5, 0.6) is 0 Å². The van der Waals surface area contributed by atoms with E-state index in [-0.39, 0.29) is 5.97 Å². The summed E-state index contributed by atoms with van der Waals surface area (Å²) < 4.78 is 4.64. The van der Waals surface area contributed by atoms with Gasteiger partial charge in [0.25, 0.3) is 0 Å². The Morgan fingerprint density at radius 1 is 1.40 bits per heavy atom. The van der Waals surface area contributed by atoms with Crippen LogP contribution in [0.3, 0.4) is 0 Å². The summed E-state index contributed by atoms with van der Waals surface area (Å²) in [6.07, 6.45) is 2.01. The van der Waals surface area contributed by atoms with Crippen molar-refractivity contribution in [2.45, 2.75) is 19.8 Å². The Kier molecular flexibility index (Phi) is 4.03. The Hall–Kier alpha value is -1.64. The van der Waals surface area contributed by atoms with Crippen molar-refractivity contribution in [3.63, 3.8) is 0 Å². The minimum absolute atomic E-state index is 0.342. The van der Waals surface area contributed by atoms with E-state index in [2.05, 4.69) is 4.74 Å². The van der Waals surface area contributed by atoms with Crippen molar-refractivity contribution in [3.8, 4) is 0 Å². The van der Waals surface area contributed by atoms with E-state index >= 15 is 0 Å². The smallest absolute Gasteiger partial charge is 0.337 e. The molecule has 1 rings (SSSR count). The zero-order chi connectivity index (χ0) is 11.3. The maximum absolute atomic E-state index is 11.3. The lowest BCUT2D eigenvalue weighted by atomic mass is 10.0. The molecule has 0 heterocycles. The predicted molar refractivity (Wildman–Crippen MR) is 56.9 cm³/mol. The van der Waals surface area contributed by atoms with E-state index in [0.29, 0.717) is 18.4 Å². The summed E-state index contributed by atoms with van der Waals surface area (Å²) in [6.45, 7) is 1.91. The number of aldehydes is 1. The van der Waals surface area contributed by atoms with Crippen LogP contribution in [-0.4, -0.2) is 19.4 Å². The molecule has 0 fully saturated rings. The van der Waals surface area contributed by atoms with E-state index < -0.39 is 0 Å². The van der Waals surface area contributed by atoms with E-state index in [4.69, 9.17) is 0 Å². The Morgan fingerprint density at radius 2 is 2.13 bits per heavy atom. The van der Waals surface area contributed by atoms with Gasteiger partial charge in [-0.1, -0.05) is 11.6 Å². The van der Waals surface area contributed by atoms with Gasteiger partial charge in [-0.25, -0.2) is 4.79 Å². The zero-order valence-electron chi connectivity index (χ0n) is 8.95. The van der Waals surface area contributed by atoms with E-state index in [9.17, 15) is 9.59 Å². The first-order valence-electron chi connectivity index (χ1n) is 4.80. The lowest BCUT2D eigenvalue weighted by molar-refractivity contribution is -0.107. The normalized spacial score (nSPS) is 9.73. The van der Waals surface area contributed by atoms with Crippen LogP contribution in [0.25, 0.3) is 0 Å². The standard InChI is InChI=1S/C12H14O3/c1-9-6-10(4-3-5-13)8-11(7-9)12(14)15-2/h5-8H,3-4H2,1-2H3. The molecule has 3 heteroatoms. The van der Waals surface area contributed by atoms with Crippen molar-refractivity contribution in [2.75, 3.05) is 7.11 Å². The van der Waals surface area contributed by atoms with Crippen molar-refractivity contribution in [3.05, 3.63) is 34.9 Å². The quantitative estimate of drug-likeness (QED) is 0.558. The number of carbonyl (C=O) groups excluding carboxylic acids is 2. The molecule has 0 aliphatic carbocycles. The summed E-state index contributed by atoms with van der Waals surface area (Å²) in [7, 11) is 1.36. The summed E-state index contributed by atoms with van der Waals surface area (Å²) in [5, 5.41) is 0. The Bertz CT molecular complexity index is 369. The van der Waals surface area contributed by atoms with Crippen LogP contribution >= 0.6 is 0 Å². The second kappa shape index (κ2) is 5.29. The van der Waals surface area contributed by atoms with Crippen LogP contribution in [-0.2, 0) is 16.0 Å². The number of rotatable bonds is 4. The number of ether oxygens (including phenoxy) is 1. The summed E-state index contributed by atoms with van der Waals surface area (Å²) >= 11 is 0. The molecule has 0 bridgehead atoms. The number of hydrogen-bond donors (Lipinski definition) is 0. The van der Waals surface area contributed by atoms with Gasteiger partial charge in [0, 0.05) is 6.42 Å². The Morgan fingerprint density at radius 3 is 2.73 bits per heavy atom. The average molecular weight is 206 g/mol. The SMILES string of the molecule is COC(=O)c1cc(C)cc(CCC=O)c1. The highest BCUT2D eigenvalue weighted by molar-refractivity contribution is 5.89. The fourth-order valence-electron chi connectivity index (χ4n) is 1.47. The van der Waals surface area contributed by atoms with Crippen LogP contribution in [0, 0.1) is 6.92 Å². The van der Waals surface area contributed by atoms with Crippen molar-refractivity contribution in [2.24, 2.45) is 0 Å². The molecule has 0 aliphatic heterocycles. The predicted octanol–water partition coefficient (Wildman–Crippen LogP) is 1.91. The summed E-state index contributed by atoms with van der Waals surface area (Å²) in [4.78, 5) is 21.5. The molecule has 0 atom stereocenters. The van der Waals surface area contributed by atoms with E-state index in [1.165, 1.54) is 7.11 Å². The van der Waals surface area contributed by atoms with Gasteiger partial charge in [0.15, 0.2) is 0 Å². The minimum Gasteiger partial charge on any atom is -0.465 e. The molecule has 0 amide bonds. The van der Waals surface area contributed by atoms with E-state index in [1.54, 1.807) is 12.1 Å². The van der Waals surface area contributed by atoms with Crippen molar-refractivity contribution < 1.29 is 14.3 Å². The number of aryl methyl sites for hydroxylation is 2. The molecule has 3 nitrogen and oxygen atoms in total. The zero-order valence-corrected chi connectivity index (χ0v) is 8.95. The van der Waals surface area contributed by atoms with Crippen molar-refractivity contribution in [1.82, 2.24) is 0 Å². The molecular weight excluding hydrogens is 192 g/mol. The summed E-state index contributed by atoms with van der Waals surface area (Å²) in [5.74, 6) is -0.342. The third kappa shape index (κ3) is 3.20. The molecule has 0 unspecified atom stereocenters. The maximum atomic E-state index is 11.3. The monoisotopic (exact) mass is 206 g/mol. The molecule has 0 spiro atoms. The molecule has 0 saturated heterocycles. The first-order chi connectivity index (χ1) is 7.17. The molecule has 1 aromatic rings. The molecule has 15 heavy (non-hydrogen) atoms. The van der Waals surface area contributed by atoms with Gasteiger partial charge >= 0.3 is 5.97 Å². The highest BCUT2D eigenvalue weighted by Gasteiger charge is 2.06. The number of methoxy groups -OCH3 is 1. The summed E-state index contributed by atoms with van der Waals surface area (Å²) in [5.41, 5.74) is 2.53. The van der Waals surface area contributed by atoms with Gasteiger partial charge in [-0.2, -0.15) is 0 Å². The van der Waals surface area contributed by atoms with Gasteiger partial charge in [-0.15, -0.1) is 0 Å². The molecule has 0 aromatic heterocycles. The largest absolute Gasteiger partial charge is 0.465 e. The lowest BCUT2D eigenvalue weighted by Crippen LogP contribution is -2.02. The number of benzene rings is 1. The first-order valence-corrected chi connectivity index (χ1v) is 4.80. The maximum Gasteiger partial charge on any atom is 0.337 e. The second-order valence-electron chi connectivity index (χ2n) is 3.40. The molecule has 80 valence electrons. The van der Waals surface area contributed by atoms with Crippen LogP contribution < -0.4 is 0 Å². The number of hydrogen-bond acceptors (Lipinski definition) is 3. The lowest BCUT2D eigenvalue weighted by Gasteiger charge is -2.04. The summed E-state index contributed by atoms with van der Waals surface area (Å²) in [6, 6.07) is 5.51. The average Bonchev–Trinajstić information content (AvgIpc) is 2.24.